The van der Waals surface area contributed by atoms with Gasteiger partial charge < -0.3 is 15.8 Å². The van der Waals surface area contributed by atoms with E-state index in [0.717, 1.165) is 11.3 Å². The summed E-state index contributed by atoms with van der Waals surface area (Å²) in [6, 6.07) is 12.8. The Morgan fingerprint density at radius 2 is 2.00 bits per heavy atom. The van der Waals surface area contributed by atoms with E-state index in [1.54, 1.807) is 18.2 Å². The first-order valence-corrected chi connectivity index (χ1v) is 6.51. The second-order valence-corrected chi connectivity index (χ2v) is 4.48. The van der Waals surface area contributed by atoms with Crippen molar-refractivity contribution in [2.45, 2.75) is 13.8 Å². The first kappa shape index (κ1) is 13.9. The van der Waals surface area contributed by atoms with E-state index in [4.69, 9.17) is 10.5 Å². The Hall–Kier alpha value is -2.49. The lowest BCUT2D eigenvalue weighted by Crippen LogP contribution is -2.16. The number of nitrogen functional groups attached to an aromatic ring is 1. The van der Waals surface area contributed by atoms with Gasteiger partial charge in [-0.1, -0.05) is 18.2 Å². The molecule has 0 heterocycles. The number of benzene rings is 2. The third-order valence-electron chi connectivity index (χ3n) is 2.86. The van der Waals surface area contributed by atoms with Crippen LogP contribution in [0.4, 0.5) is 11.4 Å². The van der Waals surface area contributed by atoms with Gasteiger partial charge in [-0.25, -0.2) is 0 Å². The summed E-state index contributed by atoms with van der Waals surface area (Å²) >= 11 is 0. The molecule has 0 spiro atoms. The molecule has 0 unspecified atom stereocenters. The van der Waals surface area contributed by atoms with Gasteiger partial charge in [0.2, 0.25) is 0 Å². The van der Waals surface area contributed by atoms with Crippen molar-refractivity contribution >= 4 is 17.3 Å². The SMILES string of the molecule is CCOc1cccc(N)c1C(=O)Nc1cccc(C)c1. The van der Waals surface area contributed by atoms with E-state index >= 15 is 0 Å². The Labute approximate surface area is 118 Å². The minimum absolute atomic E-state index is 0.267. The molecule has 0 aliphatic carbocycles. The molecule has 2 rings (SSSR count). The molecule has 2 aromatic rings. The average molecular weight is 270 g/mol. The van der Waals surface area contributed by atoms with Gasteiger partial charge in [-0.05, 0) is 43.7 Å². The summed E-state index contributed by atoms with van der Waals surface area (Å²) in [6.07, 6.45) is 0. The van der Waals surface area contributed by atoms with Crippen molar-refractivity contribution < 1.29 is 9.53 Å². The number of hydrogen-bond acceptors (Lipinski definition) is 3. The molecule has 20 heavy (non-hydrogen) atoms. The quantitative estimate of drug-likeness (QED) is 0.838. The predicted octanol–water partition coefficient (Wildman–Crippen LogP) is 3.23. The second-order valence-electron chi connectivity index (χ2n) is 4.48. The number of carbonyl (C=O) groups excluding carboxylic acids is 1. The molecule has 0 saturated heterocycles. The predicted molar refractivity (Wildman–Crippen MR) is 81.2 cm³/mol. The van der Waals surface area contributed by atoms with E-state index in [1.165, 1.54) is 0 Å². The fourth-order valence-electron chi connectivity index (χ4n) is 1.98. The zero-order valence-electron chi connectivity index (χ0n) is 11.6. The third-order valence-corrected chi connectivity index (χ3v) is 2.86. The topological polar surface area (TPSA) is 64.3 Å². The number of ether oxygens (including phenoxy) is 1. The molecule has 0 atom stereocenters. The molecular formula is C16H18N2O2. The molecule has 4 nitrogen and oxygen atoms in total. The van der Waals surface area contributed by atoms with Crippen LogP contribution in [0, 0.1) is 6.92 Å². The van der Waals surface area contributed by atoms with Crippen molar-refractivity contribution in [3.05, 3.63) is 53.6 Å². The number of nitrogens with one attached hydrogen (secondary N) is 1. The number of hydrogen-bond donors (Lipinski definition) is 2. The van der Waals surface area contributed by atoms with Crippen molar-refractivity contribution in [2.24, 2.45) is 0 Å². The lowest BCUT2D eigenvalue weighted by atomic mass is 10.1. The molecule has 0 radical (unpaired) electrons. The van der Waals surface area contributed by atoms with E-state index < -0.39 is 0 Å². The summed E-state index contributed by atoms with van der Waals surface area (Å²) in [5, 5.41) is 2.84. The molecule has 0 bridgehead atoms. The first-order valence-electron chi connectivity index (χ1n) is 6.51. The zero-order valence-corrected chi connectivity index (χ0v) is 11.6. The van der Waals surface area contributed by atoms with Crippen molar-refractivity contribution in [3.63, 3.8) is 0 Å². The largest absolute Gasteiger partial charge is 0.493 e. The Morgan fingerprint density at radius 1 is 1.25 bits per heavy atom. The molecule has 4 heteroatoms. The second kappa shape index (κ2) is 6.10. The molecule has 0 fully saturated rings. The van der Waals surface area contributed by atoms with E-state index in [9.17, 15) is 4.79 Å². The number of nitrogens with two attached hydrogens (primary N) is 1. The molecule has 2 aromatic carbocycles. The highest BCUT2D eigenvalue weighted by atomic mass is 16.5. The van der Waals surface area contributed by atoms with E-state index in [-0.39, 0.29) is 5.91 Å². The molecule has 0 saturated carbocycles. The highest BCUT2D eigenvalue weighted by molar-refractivity contribution is 6.09. The zero-order chi connectivity index (χ0) is 14.5. The molecule has 3 N–H and O–H groups in total. The lowest BCUT2D eigenvalue weighted by Gasteiger charge is -2.13. The van der Waals surface area contributed by atoms with Gasteiger partial charge in [-0.15, -0.1) is 0 Å². The summed E-state index contributed by atoms with van der Waals surface area (Å²) in [6.45, 7) is 4.32. The fraction of sp³-hybridized carbons (Fsp3) is 0.188. The number of aryl methyl sites for hydroxylation is 1. The van der Waals surface area contributed by atoms with Gasteiger partial charge in [0.25, 0.3) is 5.91 Å². The van der Waals surface area contributed by atoms with Gasteiger partial charge in [0, 0.05) is 11.4 Å². The molecule has 104 valence electrons. The maximum absolute atomic E-state index is 12.4. The van der Waals surface area contributed by atoms with Crippen LogP contribution in [-0.2, 0) is 0 Å². The smallest absolute Gasteiger partial charge is 0.261 e. The molecule has 0 aromatic heterocycles. The van der Waals surface area contributed by atoms with Crippen molar-refractivity contribution in [2.75, 3.05) is 17.7 Å². The average Bonchev–Trinajstić information content (AvgIpc) is 2.39. The molecule has 1 amide bonds. The fourth-order valence-corrected chi connectivity index (χ4v) is 1.98. The number of carbonyl (C=O) groups is 1. The van der Waals surface area contributed by atoms with Crippen LogP contribution >= 0.6 is 0 Å². The summed E-state index contributed by atoms with van der Waals surface area (Å²) in [4.78, 5) is 12.4. The van der Waals surface area contributed by atoms with Gasteiger partial charge in [-0.3, -0.25) is 4.79 Å². The standard InChI is InChI=1S/C16H18N2O2/c1-3-20-14-9-5-8-13(17)15(14)16(19)18-12-7-4-6-11(2)10-12/h4-10H,3,17H2,1-2H3,(H,18,19). The summed E-state index contributed by atoms with van der Waals surface area (Å²) in [5.74, 6) is 0.231. The Balaban J connectivity index is 2.29. The Morgan fingerprint density at radius 3 is 2.70 bits per heavy atom. The minimum Gasteiger partial charge on any atom is -0.493 e. The van der Waals surface area contributed by atoms with Crippen molar-refractivity contribution in [1.82, 2.24) is 0 Å². The highest BCUT2D eigenvalue weighted by Crippen LogP contribution is 2.25. The van der Waals surface area contributed by atoms with Crippen molar-refractivity contribution in [1.29, 1.82) is 0 Å². The van der Waals surface area contributed by atoms with Crippen LogP contribution in [-0.4, -0.2) is 12.5 Å². The number of rotatable bonds is 4. The number of anilines is 2. The Bertz CT molecular complexity index is 624. The third kappa shape index (κ3) is 3.09. The highest BCUT2D eigenvalue weighted by Gasteiger charge is 2.16. The van der Waals surface area contributed by atoms with Crippen LogP contribution < -0.4 is 15.8 Å². The van der Waals surface area contributed by atoms with Gasteiger partial charge >= 0.3 is 0 Å². The van der Waals surface area contributed by atoms with E-state index in [0.29, 0.717) is 23.6 Å². The van der Waals surface area contributed by atoms with Crippen LogP contribution in [0.5, 0.6) is 5.75 Å². The van der Waals surface area contributed by atoms with Crippen LogP contribution in [0.1, 0.15) is 22.8 Å². The maximum Gasteiger partial charge on any atom is 0.261 e. The lowest BCUT2D eigenvalue weighted by molar-refractivity contribution is 0.102. The minimum atomic E-state index is -0.267. The normalized spacial score (nSPS) is 10.1. The summed E-state index contributed by atoms with van der Waals surface area (Å²) < 4.78 is 5.46. The molecular weight excluding hydrogens is 252 g/mol. The van der Waals surface area contributed by atoms with Gasteiger partial charge in [0.15, 0.2) is 0 Å². The van der Waals surface area contributed by atoms with Crippen molar-refractivity contribution in [3.8, 4) is 5.75 Å². The number of amides is 1. The molecule has 0 aliphatic heterocycles. The van der Waals surface area contributed by atoms with Gasteiger partial charge in [0.05, 0.1) is 6.61 Å². The van der Waals surface area contributed by atoms with Crippen LogP contribution in [0.3, 0.4) is 0 Å². The first-order chi connectivity index (χ1) is 9.61. The maximum atomic E-state index is 12.4. The Kier molecular flexibility index (Phi) is 4.25. The summed E-state index contributed by atoms with van der Waals surface area (Å²) in [7, 11) is 0. The van der Waals surface area contributed by atoms with E-state index in [1.807, 2.05) is 38.1 Å². The van der Waals surface area contributed by atoms with E-state index in [2.05, 4.69) is 5.32 Å². The van der Waals surface area contributed by atoms with Crippen LogP contribution in [0.25, 0.3) is 0 Å². The molecule has 0 aliphatic rings. The summed E-state index contributed by atoms with van der Waals surface area (Å²) in [5.41, 5.74) is 8.48. The monoisotopic (exact) mass is 270 g/mol. The van der Waals surface area contributed by atoms with Crippen LogP contribution in [0.15, 0.2) is 42.5 Å². The van der Waals surface area contributed by atoms with Gasteiger partial charge in [0.1, 0.15) is 11.3 Å². The van der Waals surface area contributed by atoms with Gasteiger partial charge in [-0.2, -0.15) is 0 Å². The van der Waals surface area contributed by atoms with Crippen LogP contribution in [0.2, 0.25) is 0 Å².